The highest BCUT2D eigenvalue weighted by Crippen LogP contribution is 2.12. The van der Waals surface area contributed by atoms with Crippen LogP contribution in [-0.4, -0.2) is 42.2 Å². The lowest BCUT2D eigenvalue weighted by Crippen LogP contribution is -2.42. The molecule has 0 aliphatic rings. The van der Waals surface area contributed by atoms with Gasteiger partial charge in [0.15, 0.2) is 0 Å². The van der Waals surface area contributed by atoms with Crippen molar-refractivity contribution in [2.45, 2.75) is 19.4 Å². The van der Waals surface area contributed by atoms with Gasteiger partial charge < -0.3 is 16.2 Å². The lowest BCUT2D eigenvalue weighted by molar-refractivity contribution is -0.121. The zero-order chi connectivity index (χ0) is 13.5. The van der Waals surface area contributed by atoms with E-state index in [2.05, 4.69) is 5.32 Å². The average molecular weight is 251 g/mol. The zero-order valence-electron chi connectivity index (χ0n) is 10.9. The Balaban J connectivity index is 2.64. The standard InChI is InChI=1S/C13H21N3O2/c1-3-12(16(2)8-9-17)13(18)15-11-6-4-10(14)5-7-11/h4-7,12,17H,3,8-9,14H2,1-2H3,(H,15,18). The molecule has 100 valence electrons. The third-order valence-corrected chi connectivity index (χ3v) is 2.85. The van der Waals surface area contributed by atoms with Crippen molar-refractivity contribution in [2.24, 2.45) is 0 Å². The molecule has 4 N–H and O–H groups in total. The maximum atomic E-state index is 12.1. The molecule has 1 aromatic rings. The zero-order valence-corrected chi connectivity index (χ0v) is 10.9. The van der Waals surface area contributed by atoms with E-state index < -0.39 is 0 Å². The van der Waals surface area contributed by atoms with Crippen molar-refractivity contribution in [3.63, 3.8) is 0 Å². The number of carbonyl (C=O) groups excluding carboxylic acids is 1. The first-order valence-corrected chi connectivity index (χ1v) is 6.06. The molecule has 0 saturated heterocycles. The number of carbonyl (C=O) groups is 1. The monoisotopic (exact) mass is 251 g/mol. The van der Waals surface area contributed by atoms with E-state index in [1.807, 2.05) is 18.9 Å². The third kappa shape index (κ3) is 4.01. The maximum absolute atomic E-state index is 12.1. The largest absolute Gasteiger partial charge is 0.399 e. The Morgan fingerprint density at radius 2 is 2.06 bits per heavy atom. The highest BCUT2D eigenvalue weighted by molar-refractivity contribution is 5.94. The number of hydrogen-bond donors (Lipinski definition) is 3. The molecule has 1 unspecified atom stereocenters. The summed E-state index contributed by atoms with van der Waals surface area (Å²) in [7, 11) is 1.83. The number of likely N-dealkylation sites (N-methyl/N-ethyl adjacent to an activating group) is 1. The van der Waals surface area contributed by atoms with Crippen LogP contribution < -0.4 is 11.1 Å². The number of aliphatic hydroxyl groups is 1. The van der Waals surface area contributed by atoms with Crippen LogP contribution in [0.25, 0.3) is 0 Å². The van der Waals surface area contributed by atoms with Crippen molar-refractivity contribution < 1.29 is 9.90 Å². The molecule has 0 aromatic heterocycles. The van der Waals surface area contributed by atoms with E-state index in [1.54, 1.807) is 24.3 Å². The average Bonchev–Trinajstić information content (AvgIpc) is 2.33. The SMILES string of the molecule is CCC(C(=O)Nc1ccc(N)cc1)N(C)CCO. The van der Waals surface area contributed by atoms with Crippen LogP contribution >= 0.6 is 0 Å². The summed E-state index contributed by atoms with van der Waals surface area (Å²) in [5.41, 5.74) is 6.97. The normalized spacial score (nSPS) is 12.4. The number of nitrogens with one attached hydrogen (secondary N) is 1. The molecular formula is C13H21N3O2. The molecule has 0 fully saturated rings. The first-order valence-electron chi connectivity index (χ1n) is 6.06. The summed E-state index contributed by atoms with van der Waals surface area (Å²) >= 11 is 0. The molecule has 0 spiro atoms. The number of hydrogen-bond acceptors (Lipinski definition) is 4. The van der Waals surface area contributed by atoms with E-state index in [4.69, 9.17) is 10.8 Å². The van der Waals surface area contributed by atoms with Crippen LogP contribution in [0.3, 0.4) is 0 Å². The number of anilines is 2. The molecule has 1 rings (SSSR count). The topological polar surface area (TPSA) is 78.6 Å². The van der Waals surface area contributed by atoms with Gasteiger partial charge in [0.2, 0.25) is 5.91 Å². The maximum Gasteiger partial charge on any atom is 0.241 e. The van der Waals surface area contributed by atoms with E-state index >= 15 is 0 Å². The fraction of sp³-hybridized carbons (Fsp3) is 0.462. The van der Waals surface area contributed by atoms with Crippen LogP contribution in [0.4, 0.5) is 11.4 Å². The lowest BCUT2D eigenvalue weighted by Gasteiger charge is -2.25. The van der Waals surface area contributed by atoms with Gasteiger partial charge in [0.05, 0.1) is 12.6 Å². The van der Waals surface area contributed by atoms with Gasteiger partial charge in [-0.15, -0.1) is 0 Å². The molecule has 18 heavy (non-hydrogen) atoms. The van der Waals surface area contributed by atoms with Crippen molar-refractivity contribution in [1.29, 1.82) is 0 Å². The fourth-order valence-electron chi connectivity index (χ4n) is 1.80. The van der Waals surface area contributed by atoms with E-state index in [9.17, 15) is 4.79 Å². The molecule has 1 amide bonds. The highest BCUT2D eigenvalue weighted by atomic mass is 16.3. The minimum absolute atomic E-state index is 0.0438. The Morgan fingerprint density at radius 3 is 2.56 bits per heavy atom. The predicted molar refractivity (Wildman–Crippen MR) is 73.3 cm³/mol. The summed E-state index contributed by atoms with van der Waals surface area (Å²) in [5, 5.41) is 11.7. The Morgan fingerprint density at radius 1 is 1.44 bits per heavy atom. The summed E-state index contributed by atoms with van der Waals surface area (Å²) < 4.78 is 0. The smallest absolute Gasteiger partial charge is 0.241 e. The van der Waals surface area contributed by atoms with Gasteiger partial charge in [-0.2, -0.15) is 0 Å². The second-order valence-corrected chi connectivity index (χ2v) is 4.24. The van der Waals surface area contributed by atoms with Gasteiger partial charge in [-0.1, -0.05) is 6.92 Å². The van der Waals surface area contributed by atoms with Gasteiger partial charge in [0.1, 0.15) is 0 Å². The molecule has 0 aliphatic carbocycles. The fourth-order valence-corrected chi connectivity index (χ4v) is 1.80. The summed E-state index contributed by atoms with van der Waals surface area (Å²) in [5.74, 6) is -0.0711. The molecule has 5 heteroatoms. The lowest BCUT2D eigenvalue weighted by atomic mass is 10.1. The van der Waals surface area contributed by atoms with Gasteiger partial charge in [-0.25, -0.2) is 0 Å². The second kappa shape index (κ2) is 6.98. The van der Waals surface area contributed by atoms with Crippen LogP contribution in [0.1, 0.15) is 13.3 Å². The summed E-state index contributed by atoms with van der Waals surface area (Å²) in [6, 6.07) is 6.79. The number of nitrogens with two attached hydrogens (primary N) is 1. The number of benzene rings is 1. The summed E-state index contributed by atoms with van der Waals surface area (Å²) in [6.07, 6.45) is 0.692. The molecule has 0 saturated carbocycles. The number of aliphatic hydroxyl groups excluding tert-OH is 1. The van der Waals surface area contributed by atoms with E-state index in [0.29, 0.717) is 18.7 Å². The summed E-state index contributed by atoms with van der Waals surface area (Å²) in [4.78, 5) is 13.9. The molecular weight excluding hydrogens is 230 g/mol. The Hall–Kier alpha value is -1.59. The Bertz CT molecular complexity index is 378. The molecule has 5 nitrogen and oxygen atoms in total. The van der Waals surface area contributed by atoms with Crippen molar-refractivity contribution >= 4 is 17.3 Å². The van der Waals surface area contributed by atoms with Gasteiger partial charge in [-0.3, -0.25) is 9.69 Å². The first-order chi connectivity index (χ1) is 8.58. The van der Waals surface area contributed by atoms with E-state index in [-0.39, 0.29) is 18.6 Å². The molecule has 1 atom stereocenters. The molecule has 0 heterocycles. The Labute approximate surface area is 108 Å². The minimum Gasteiger partial charge on any atom is -0.399 e. The van der Waals surface area contributed by atoms with Crippen molar-refractivity contribution in [3.05, 3.63) is 24.3 Å². The van der Waals surface area contributed by atoms with Crippen molar-refractivity contribution in [2.75, 3.05) is 31.2 Å². The van der Waals surface area contributed by atoms with Crippen LogP contribution in [0.2, 0.25) is 0 Å². The minimum atomic E-state index is -0.241. The number of rotatable bonds is 6. The highest BCUT2D eigenvalue weighted by Gasteiger charge is 2.20. The van der Waals surface area contributed by atoms with Gasteiger partial charge >= 0.3 is 0 Å². The molecule has 0 aliphatic heterocycles. The molecule has 0 bridgehead atoms. The van der Waals surface area contributed by atoms with Crippen LogP contribution in [0.15, 0.2) is 24.3 Å². The van der Waals surface area contributed by atoms with Crippen LogP contribution in [0, 0.1) is 0 Å². The van der Waals surface area contributed by atoms with Crippen molar-refractivity contribution in [3.8, 4) is 0 Å². The summed E-state index contributed by atoms with van der Waals surface area (Å²) in [6.45, 7) is 2.47. The number of nitrogen functional groups attached to an aromatic ring is 1. The third-order valence-electron chi connectivity index (χ3n) is 2.85. The quantitative estimate of drug-likeness (QED) is 0.657. The van der Waals surface area contributed by atoms with Gasteiger partial charge in [0, 0.05) is 17.9 Å². The van der Waals surface area contributed by atoms with Gasteiger partial charge in [0.25, 0.3) is 0 Å². The first kappa shape index (κ1) is 14.5. The second-order valence-electron chi connectivity index (χ2n) is 4.24. The molecule has 0 radical (unpaired) electrons. The predicted octanol–water partition coefficient (Wildman–Crippen LogP) is 0.910. The number of amides is 1. The van der Waals surface area contributed by atoms with E-state index in [0.717, 1.165) is 5.69 Å². The van der Waals surface area contributed by atoms with Crippen LogP contribution in [-0.2, 0) is 4.79 Å². The van der Waals surface area contributed by atoms with E-state index in [1.165, 1.54) is 0 Å². The van der Waals surface area contributed by atoms with Gasteiger partial charge in [-0.05, 0) is 37.7 Å². The molecule has 1 aromatic carbocycles. The Kier molecular flexibility index (Phi) is 5.61. The number of nitrogens with zero attached hydrogens (tertiary/aromatic N) is 1. The van der Waals surface area contributed by atoms with Crippen molar-refractivity contribution in [1.82, 2.24) is 4.90 Å². The van der Waals surface area contributed by atoms with Crippen LogP contribution in [0.5, 0.6) is 0 Å².